The third-order valence-corrected chi connectivity index (χ3v) is 3.10. The van der Waals surface area contributed by atoms with Crippen molar-refractivity contribution in [3.05, 3.63) is 27.8 Å². The molecule has 6 nitrogen and oxygen atoms in total. The fraction of sp³-hybridized carbons (Fsp3) is 0.167. The molecule has 1 aromatic carbocycles. The number of aromatic hydroxyl groups is 3. The van der Waals surface area contributed by atoms with Gasteiger partial charge in [-0.25, -0.2) is 4.79 Å². The quantitative estimate of drug-likeness (QED) is 0.601. The number of hydrogen-bond acceptors (Lipinski definition) is 6. The summed E-state index contributed by atoms with van der Waals surface area (Å²) in [5, 5.41) is 28.7. The molecule has 18 heavy (non-hydrogen) atoms. The van der Waals surface area contributed by atoms with Crippen molar-refractivity contribution in [2.75, 3.05) is 0 Å². The van der Waals surface area contributed by atoms with E-state index in [1.165, 1.54) is 0 Å². The zero-order chi connectivity index (χ0) is 13.0. The van der Waals surface area contributed by atoms with E-state index in [4.69, 9.17) is 4.42 Å². The predicted molar refractivity (Wildman–Crippen MR) is 60.1 cm³/mol. The van der Waals surface area contributed by atoms with Gasteiger partial charge in [-0.15, -0.1) is 0 Å². The van der Waals surface area contributed by atoms with Crippen LogP contribution in [0.2, 0.25) is 0 Å². The Bertz CT molecular complexity index is 755. The Morgan fingerprint density at radius 2 is 1.78 bits per heavy atom. The fourth-order valence-electron chi connectivity index (χ4n) is 2.25. The van der Waals surface area contributed by atoms with Crippen LogP contribution in [0.25, 0.3) is 10.8 Å². The van der Waals surface area contributed by atoms with Crippen molar-refractivity contribution >= 4 is 16.6 Å². The number of carbonyl (C=O) groups is 1. The van der Waals surface area contributed by atoms with Crippen LogP contribution in [0.4, 0.5) is 0 Å². The maximum absolute atomic E-state index is 11.7. The smallest absolute Gasteiger partial charge is 0.344 e. The lowest BCUT2D eigenvalue weighted by Gasteiger charge is -2.08. The highest BCUT2D eigenvalue weighted by Crippen LogP contribution is 2.43. The second kappa shape index (κ2) is 3.25. The van der Waals surface area contributed by atoms with E-state index < -0.39 is 22.9 Å². The van der Waals surface area contributed by atoms with E-state index in [2.05, 4.69) is 0 Å². The summed E-state index contributed by atoms with van der Waals surface area (Å²) in [6, 6.07) is 1.01. The zero-order valence-corrected chi connectivity index (χ0v) is 9.06. The van der Waals surface area contributed by atoms with E-state index in [0.717, 1.165) is 6.07 Å². The molecule has 1 aliphatic carbocycles. The van der Waals surface area contributed by atoms with Crippen LogP contribution in [0, 0.1) is 0 Å². The van der Waals surface area contributed by atoms with Crippen LogP contribution in [-0.2, 0) is 6.42 Å². The number of hydrogen-bond donors (Lipinski definition) is 3. The largest absolute Gasteiger partial charge is 0.504 e. The predicted octanol–water partition coefficient (Wildman–Crippen LogP) is 1.04. The lowest BCUT2D eigenvalue weighted by atomic mass is 10.0. The van der Waals surface area contributed by atoms with Crippen molar-refractivity contribution in [2.24, 2.45) is 0 Å². The molecule has 0 bridgehead atoms. The minimum atomic E-state index is -0.829. The van der Waals surface area contributed by atoms with Gasteiger partial charge in [0.2, 0.25) is 5.75 Å². The molecule has 0 atom stereocenters. The summed E-state index contributed by atoms with van der Waals surface area (Å²) in [5.74, 6) is -2.32. The average Bonchev–Trinajstić information content (AvgIpc) is 2.68. The lowest BCUT2D eigenvalue weighted by Crippen LogP contribution is -2.05. The van der Waals surface area contributed by atoms with E-state index in [0.29, 0.717) is 12.0 Å². The summed E-state index contributed by atoms with van der Waals surface area (Å²) in [4.78, 5) is 23.2. The summed E-state index contributed by atoms with van der Waals surface area (Å²) in [5.41, 5.74) is -0.438. The van der Waals surface area contributed by atoms with E-state index in [-0.39, 0.29) is 28.7 Å². The first-order valence-electron chi connectivity index (χ1n) is 5.27. The fourth-order valence-corrected chi connectivity index (χ4v) is 2.25. The first-order chi connectivity index (χ1) is 8.50. The SMILES string of the molecule is O=C1CCc2c1oc(=O)c1cc(O)c(O)c(O)c21. The van der Waals surface area contributed by atoms with Gasteiger partial charge < -0.3 is 19.7 Å². The van der Waals surface area contributed by atoms with Crippen molar-refractivity contribution in [1.29, 1.82) is 0 Å². The van der Waals surface area contributed by atoms with E-state index in [1.807, 2.05) is 0 Å². The Hall–Kier alpha value is -2.50. The normalized spacial score (nSPS) is 14.1. The highest BCUT2D eigenvalue weighted by Gasteiger charge is 2.29. The zero-order valence-electron chi connectivity index (χ0n) is 9.06. The third-order valence-electron chi connectivity index (χ3n) is 3.10. The molecule has 3 N–H and O–H groups in total. The lowest BCUT2D eigenvalue weighted by molar-refractivity contribution is 0.0967. The Balaban J connectivity index is 2.59. The van der Waals surface area contributed by atoms with Crippen LogP contribution in [0.15, 0.2) is 15.3 Å². The minimum Gasteiger partial charge on any atom is -0.504 e. The molecule has 92 valence electrons. The van der Waals surface area contributed by atoms with Gasteiger partial charge in [0.25, 0.3) is 0 Å². The number of benzene rings is 1. The van der Waals surface area contributed by atoms with Gasteiger partial charge >= 0.3 is 5.63 Å². The third kappa shape index (κ3) is 1.17. The number of phenols is 3. The Morgan fingerprint density at radius 3 is 2.50 bits per heavy atom. The summed E-state index contributed by atoms with van der Waals surface area (Å²) < 4.78 is 4.89. The van der Waals surface area contributed by atoms with Gasteiger partial charge in [-0.1, -0.05) is 0 Å². The molecular formula is C12H8O6. The molecule has 2 aromatic rings. The van der Waals surface area contributed by atoms with Crippen molar-refractivity contribution in [2.45, 2.75) is 12.8 Å². The topological polar surface area (TPSA) is 108 Å². The summed E-state index contributed by atoms with van der Waals surface area (Å²) in [6.45, 7) is 0. The van der Waals surface area contributed by atoms with Crippen LogP contribution in [-0.4, -0.2) is 21.1 Å². The molecule has 0 spiro atoms. The van der Waals surface area contributed by atoms with Gasteiger partial charge in [0, 0.05) is 17.4 Å². The van der Waals surface area contributed by atoms with Crippen LogP contribution in [0.1, 0.15) is 22.5 Å². The van der Waals surface area contributed by atoms with E-state index in [1.54, 1.807) is 0 Å². The highest BCUT2D eigenvalue weighted by molar-refractivity contribution is 6.05. The van der Waals surface area contributed by atoms with E-state index in [9.17, 15) is 24.9 Å². The molecule has 0 unspecified atom stereocenters. The number of rotatable bonds is 0. The maximum Gasteiger partial charge on any atom is 0.344 e. The molecule has 3 rings (SSSR count). The van der Waals surface area contributed by atoms with Crippen molar-refractivity contribution in [3.8, 4) is 17.2 Å². The molecule has 0 radical (unpaired) electrons. The van der Waals surface area contributed by atoms with Gasteiger partial charge in [-0.3, -0.25) is 4.79 Å². The number of phenolic OH excluding ortho intramolecular Hbond substituents is 3. The molecular weight excluding hydrogens is 240 g/mol. The van der Waals surface area contributed by atoms with Gasteiger partial charge in [0.15, 0.2) is 23.0 Å². The molecule has 1 heterocycles. The summed E-state index contributed by atoms with van der Waals surface area (Å²) >= 11 is 0. The molecule has 0 fully saturated rings. The maximum atomic E-state index is 11.7. The second-order valence-corrected chi connectivity index (χ2v) is 4.14. The van der Waals surface area contributed by atoms with Crippen LogP contribution >= 0.6 is 0 Å². The van der Waals surface area contributed by atoms with Gasteiger partial charge in [-0.05, 0) is 12.5 Å². The first-order valence-corrected chi connectivity index (χ1v) is 5.27. The standard InChI is InChI=1S/C12H8O6/c13-6-2-1-4-8-5(12(17)18-11(4)6)3-7(14)9(15)10(8)16/h3,14-16H,1-2H2. The molecule has 0 amide bonds. The summed E-state index contributed by atoms with van der Waals surface area (Å²) in [7, 11) is 0. The number of fused-ring (bicyclic) bond motifs is 3. The van der Waals surface area contributed by atoms with Crippen LogP contribution < -0.4 is 5.63 Å². The molecule has 0 saturated heterocycles. The van der Waals surface area contributed by atoms with Gasteiger partial charge in [0.05, 0.1) is 5.39 Å². The molecule has 6 heteroatoms. The number of carbonyl (C=O) groups excluding carboxylic acids is 1. The minimum absolute atomic E-state index is 0.0590. The number of ketones is 1. The van der Waals surface area contributed by atoms with Crippen molar-refractivity contribution in [3.63, 3.8) is 0 Å². The number of aryl methyl sites for hydroxylation is 1. The molecule has 0 saturated carbocycles. The van der Waals surface area contributed by atoms with Crippen LogP contribution in [0.3, 0.4) is 0 Å². The Labute approximate surface area is 99.7 Å². The monoisotopic (exact) mass is 248 g/mol. The van der Waals surface area contributed by atoms with Crippen LogP contribution in [0.5, 0.6) is 17.2 Å². The Morgan fingerprint density at radius 1 is 1.06 bits per heavy atom. The molecule has 1 aliphatic rings. The summed E-state index contributed by atoms with van der Waals surface area (Å²) in [6.07, 6.45) is 0.519. The van der Waals surface area contributed by atoms with Gasteiger partial charge in [0.1, 0.15) is 0 Å². The second-order valence-electron chi connectivity index (χ2n) is 4.14. The van der Waals surface area contributed by atoms with E-state index >= 15 is 0 Å². The highest BCUT2D eigenvalue weighted by atomic mass is 16.4. The Kier molecular flexibility index (Phi) is 1.92. The van der Waals surface area contributed by atoms with Crippen molar-refractivity contribution in [1.82, 2.24) is 0 Å². The molecule has 1 aromatic heterocycles. The molecule has 0 aliphatic heterocycles. The van der Waals surface area contributed by atoms with Gasteiger partial charge in [-0.2, -0.15) is 0 Å². The number of Topliss-reactive ketones (excluding diaryl/α,β-unsaturated/α-hetero) is 1. The first kappa shape index (κ1) is 10.6. The average molecular weight is 248 g/mol. The van der Waals surface area contributed by atoms with Crippen molar-refractivity contribution < 1.29 is 24.5 Å².